The molecule has 0 aliphatic heterocycles. The van der Waals surface area contributed by atoms with Gasteiger partial charge in [0.15, 0.2) is 0 Å². The molecule has 2 heterocycles. The van der Waals surface area contributed by atoms with E-state index >= 15 is 0 Å². The van der Waals surface area contributed by atoms with Gasteiger partial charge in [0.05, 0.1) is 18.6 Å². The predicted molar refractivity (Wildman–Crippen MR) is 119 cm³/mol. The lowest BCUT2D eigenvalue weighted by Gasteiger charge is -2.09. The monoisotopic (exact) mass is 433 g/mol. The molecule has 8 heteroatoms. The first kappa shape index (κ1) is 22.7. The van der Waals surface area contributed by atoms with Crippen LogP contribution in [-0.4, -0.2) is 37.3 Å². The molecule has 0 atom stereocenters. The Morgan fingerprint density at radius 1 is 1.17 bits per heavy atom. The van der Waals surface area contributed by atoms with E-state index in [1.807, 2.05) is 49.5 Å². The Labute approximate surface area is 177 Å². The van der Waals surface area contributed by atoms with Gasteiger partial charge in [-0.25, -0.2) is 17.4 Å². The molecule has 154 valence electrons. The van der Waals surface area contributed by atoms with Crippen LogP contribution in [0.3, 0.4) is 0 Å². The van der Waals surface area contributed by atoms with Crippen molar-refractivity contribution in [2.24, 2.45) is 0 Å². The number of aromatic nitrogens is 2. The van der Waals surface area contributed by atoms with E-state index in [9.17, 15) is 8.42 Å². The second kappa shape index (κ2) is 10.2. The maximum atomic E-state index is 13.0. The Morgan fingerprint density at radius 2 is 1.93 bits per heavy atom. The maximum absolute atomic E-state index is 13.0. The smallest absolute Gasteiger partial charge is 0.242 e. The van der Waals surface area contributed by atoms with Crippen molar-refractivity contribution in [1.29, 1.82) is 0 Å². The van der Waals surface area contributed by atoms with Gasteiger partial charge >= 0.3 is 0 Å². The summed E-state index contributed by atoms with van der Waals surface area (Å²) < 4.78 is 32.4. The van der Waals surface area contributed by atoms with Crippen molar-refractivity contribution in [3.05, 3.63) is 78.1 Å². The average Bonchev–Trinajstić information content (AvgIpc) is 3.14. The summed E-state index contributed by atoms with van der Waals surface area (Å²) in [6, 6.07) is 15.0. The number of pyridine rings is 1. The van der Waals surface area contributed by atoms with E-state index in [1.165, 1.54) is 3.97 Å². The molecule has 0 radical (unpaired) electrons. The molecule has 29 heavy (non-hydrogen) atoms. The van der Waals surface area contributed by atoms with Crippen molar-refractivity contribution in [3.8, 4) is 17.1 Å². The van der Waals surface area contributed by atoms with Gasteiger partial charge in [-0.05, 0) is 35.9 Å². The zero-order valence-corrected chi connectivity index (χ0v) is 17.9. The summed E-state index contributed by atoms with van der Waals surface area (Å²) >= 11 is 0. The van der Waals surface area contributed by atoms with Gasteiger partial charge in [0, 0.05) is 25.0 Å². The van der Waals surface area contributed by atoms with Crippen LogP contribution in [0.4, 0.5) is 0 Å². The molecule has 0 aliphatic carbocycles. The average molecular weight is 434 g/mol. The lowest BCUT2D eigenvalue weighted by molar-refractivity contribution is 0.398. The van der Waals surface area contributed by atoms with Crippen LogP contribution in [0.25, 0.3) is 17.3 Å². The second-order valence-corrected chi connectivity index (χ2v) is 8.13. The van der Waals surface area contributed by atoms with Gasteiger partial charge in [-0.1, -0.05) is 42.5 Å². The normalized spacial score (nSPS) is 11.4. The van der Waals surface area contributed by atoms with Gasteiger partial charge < -0.3 is 10.1 Å². The minimum Gasteiger partial charge on any atom is -0.481 e. The van der Waals surface area contributed by atoms with Crippen LogP contribution >= 0.6 is 12.4 Å². The molecule has 6 nitrogen and oxygen atoms in total. The molecule has 3 aromatic rings. The van der Waals surface area contributed by atoms with Crippen LogP contribution < -0.4 is 10.1 Å². The van der Waals surface area contributed by atoms with Gasteiger partial charge in [-0.3, -0.25) is 0 Å². The molecular weight excluding hydrogens is 410 g/mol. The van der Waals surface area contributed by atoms with Crippen molar-refractivity contribution in [1.82, 2.24) is 14.3 Å². The van der Waals surface area contributed by atoms with Gasteiger partial charge in [0.25, 0.3) is 0 Å². The molecule has 0 aliphatic rings. The van der Waals surface area contributed by atoms with Crippen molar-refractivity contribution in [3.63, 3.8) is 0 Å². The minimum absolute atomic E-state index is 0. The first-order valence-electron chi connectivity index (χ1n) is 8.84. The van der Waals surface area contributed by atoms with Crippen LogP contribution in [0.2, 0.25) is 0 Å². The molecule has 3 rings (SSSR count). The van der Waals surface area contributed by atoms with Crippen LogP contribution in [0.5, 0.6) is 5.88 Å². The molecule has 0 bridgehead atoms. The third-order valence-electron chi connectivity index (χ3n) is 4.18. The molecule has 0 unspecified atom stereocenters. The molecular formula is C21H24ClN3O3S. The van der Waals surface area contributed by atoms with Crippen molar-refractivity contribution in [2.75, 3.05) is 19.9 Å². The van der Waals surface area contributed by atoms with Gasteiger partial charge in [-0.2, -0.15) is 0 Å². The Morgan fingerprint density at radius 3 is 2.55 bits per heavy atom. The zero-order chi connectivity index (χ0) is 20.0. The highest BCUT2D eigenvalue weighted by molar-refractivity contribution is 7.90. The fourth-order valence-electron chi connectivity index (χ4n) is 2.84. The van der Waals surface area contributed by atoms with Gasteiger partial charge in [0.2, 0.25) is 15.9 Å². The lowest BCUT2D eigenvalue weighted by atomic mass is 10.1. The molecule has 0 amide bonds. The summed E-state index contributed by atoms with van der Waals surface area (Å²) in [6.07, 6.45) is 6.69. The van der Waals surface area contributed by atoms with E-state index < -0.39 is 10.0 Å². The quantitative estimate of drug-likeness (QED) is 0.587. The third kappa shape index (κ3) is 5.69. The van der Waals surface area contributed by atoms with E-state index in [2.05, 4.69) is 10.3 Å². The molecule has 1 N–H and O–H groups in total. The largest absolute Gasteiger partial charge is 0.481 e. The lowest BCUT2D eigenvalue weighted by Crippen LogP contribution is -2.15. The van der Waals surface area contributed by atoms with Gasteiger partial charge in [-0.15, -0.1) is 12.4 Å². The molecule has 0 fully saturated rings. The number of nitrogens with zero attached hydrogens (tertiary/aromatic N) is 2. The van der Waals surface area contributed by atoms with Gasteiger partial charge in [0.1, 0.15) is 0 Å². The van der Waals surface area contributed by atoms with Crippen LogP contribution in [-0.2, 0) is 16.6 Å². The highest BCUT2D eigenvalue weighted by atomic mass is 35.5. The first-order chi connectivity index (χ1) is 13.5. The van der Waals surface area contributed by atoms with E-state index in [0.29, 0.717) is 18.1 Å². The first-order valence-corrected chi connectivity index (χ1v) is 10.5. The van der Waals surface area contributed by atoms with Crippen molar-refractivity contribution in [2.45, 2.75) is 6.54 Å². The Bertz CT molecular complexity index is 1050. The molecule has 0 spiro atoms. The van der Waals surface area contributed by atoms with Crippen LogP contribution in [0, 0.1) is 0 Å². The van der Waals surface area contributed by atoms with E-state index in [-0.39, 0.29) is 18.2 Å². The summed E-state index contributed by atoms with van der Waals surface area (Å²) in [5.41, 5.74) is 3.23. The Hall–Kier alpha value is -2.61. The van der Waals surface area contributed by atoms with Crippen LogP contribution in [0.1, 0.15) is 11.1 Å². The molecule has 2 aromatic heterocycles. The summed E-state index contributed by atoms with van der Waals surface area (Å²) in [7, 11) is -0.180. The van der Waals surface area contributed by atoms with E-state index in [1.54, 1.807) is 37.7 Å². The highest BCUT2D eigenvalue weighted by Gasteiger charge is 2.18. The standard InChI is InChI=1S/C21H23N3O3S.ClH/c1-22-14-18-13-20(19-8-4-3-5-9-19)24(16-18)28(25,26)12-6-7-17-10-11-21(27-2)23-15-17;/h3-11,13,15-16,22H,12,14H2,1-2H3;1H. The number of nitrogens with one attached hydrogen (secondary N) is 1. The topological polar surface area (TPSA) is 73.2 Å². The number of hydrogen-bond donors (Lipinski definition) is 1. The van der Waals surface area contributed by atoms with Crippen LogP contribution in [0.15, 0.2) is 67.0 Å². The number of halogens is 1. The van der Waals surface area contributed by atoms with E-state index in [4.69, 9.17) is 4.74 Å². The second-order valence-electron chi connectivity index (χ2n) is 6.24. The number of benzene rings is 1. The molecule has 1 aromatic carbocycles. The number of hydrogen-bond acceptors (Lipinski definition) is 5. The molecule has 0 saturated carbocycles. The Balaban J connectivity index is 0.00000300. The SMILES string of the molecule is CNCc1cc(-c2ccccc2)n(S(=O)(=O)CC=Cc2ccc(OC)nc2)c1.Cl. The minimum atomic E-state index is -3.56. The summed E-state index contributed by atoms with van der Waals surface area (Å²) in [4.78, 5) is 4.11. The summed E-state index contributed by atoms with van der Waals surface area (Å²) in [5, 5.41) is 3.06. The number of rotatable bonds is 8. The fourth-order valence-corrected chi connectivity index (χ4v) is 4.10. The highest BCUT2D eigenvalue weighted by Crippen LogP contribution is 2.24. The Kier molecular flexibility index (Phi) is 8.01. The molecule has 0 saturated heterocycles. The van der Waals surface area contributed by atoms with Crippen molar-refractivity contribution >= 4 is 28.5 Å². The fraction of sp³-hybridized carbons (Fsp3) is 0.190. The number of ether oxygens (including phenoxy) is 1. The number of methoxy groups -OCH3 is 1. The zero-order valence-electron chi connectivity index (χ0n) is 16.3. The summed E-state index contributed by atoms with van der Waals surface area (Å²) in [5.74, 6) is 0.397. The van der Waals surface area contributed by atoms with E-state index in [0.717, 1.165) is 16.7 Å². The third-order valence-corrected chi connectivity index (χ3v) is 5.69. The summed E-state index contributed by atoms with van der Waals surface area (Å²) in [6.45, 7) is 0.593. The maximum Gasteiger partial charge on any atom is 0.242 e. The van der Waals surface area contributed by atoms with Crippen molar-refractivity contribution < 1.29 is 13.2 Å². The predicted octanol–water partition coefficient (Wildman–Crippen LogP) is 3.59.